The van der Waals surface area contributed by atoms with Crippen LogP contribution in [0.25, 0.3) is 0 Å². The number of nitrogens with zero attached hydrogens (tertiary/aromatic N) is 1. The molecule has 0 aliphatic carbocycles. The van der Waals surface area contributed by atoms with E-state index in [1.165, 1.54) is 11.3 Å². The minimum Gasteiger partial charge on any atom is -0.313 e. The summed E-state index contributed by atoms with van der Waals surface area (Å²) < 4.78 is 0. The quantitative estimate of drug-likeness (QED) is 0.827. The third kappa shape index (κ3) is 3.90. The molecule has 2 atom stereocenters. The highest BCUT2D eigenvalue weighted by Gasteiger charge is 2.22. The van der Waals surface area contributed by atoms with E-state index < -0.39 is 0 Å². The molecule has 0 saturated heterocycles. The first-order valence-corrected chi connectivity index (χ1v) is 8.31. The van der Waals surface area contributed by atoms with Crippen LogP contribution in [-0.2, 0) is 6.42 Å². The first-order valence-electron chi connectivity index (χ1n) is 7.43. The van der Waals surface area contributed by atoms with E-state index in [0.29, 0.717) is 12.0 Å². The van der Waals surface area contributed by atoms with E-state index in [1.807, 2.05) is 0 Å². The number of hydrogen-bond donors (Lipinski definition) is 1. The van der Waals surface area contributed by atoms with Crippen molar-refractivity contribution in [1.29, 1.82) is 0 Å². The summed E-state index contributed by atoms with van der Waals surface area (Å²) >= 11 is 1.74. The fraction of sp³-hybridized carbons (Fsp3) is 0.471. The van der Waals surface area contributed by atoms with Gasteiger partial charge in [-0.15, -0.1) is 11.3 Å². The van der Waals surface area contributed by atoms with Crippen LogP contribution in [0.3, 0.4) is 0 Å². The summed E-state index contributed by atoms with van der Waals surface area (Å²) in [5.74, 6) is 0.540. The second kappa shape index (κ2) is 7.55. The standard InChI is InChI=1S/C17H24N2S/c1-4-16(14-9-7-6-8-10-14)17(18-5-2)11-15-12-20-13(3)19-15/h6-10,12,16-18H,4-5,11H2,1-3H3. The lowest BCUT2D eigenvalue weighted by Crippen LogP contribution is -2.36. The third-order valence-corrected chi connectivity index (χ3v) is 4.54. The topological polar surface area (TPSA) is 24.9 Å². The normalized spacial score (nSPS) is 14.2. The number of thiazole rings is 1. The summed E-state index contributed by atoms with van der Waals surface area (Å²) in [4.78, 5) is 4.62. The predicted octanol–water partition coefficient (Wildman–Crippen LogP) is 4.17. The van der Waals surface area contributed by atoms with E-state index in [2.05, 4.69) is 66.8 Å². The number of hydrogen-bond acceptors (Lipinski definition) is 3. The lowest BCUT2D eigenvalue weighted by atomic mass is 9.87. The summed E-state index contributed by atoms with van der Waals surface area (Å²) in [6.45, 7) is 7.52. The molecule has 0 spiro atoms. The molecule has 0 saturated carbocycles. The van der Waals surface area contributed by atoms with Crippen molar-refractivity contribution in [1.82, 2.24) is 10.3 Å². The molecule has 0 aliphatic heterocycles. The number of aromatic nitrogens is 1. The van der Waals surface area contributed by atoms with Crippen LogP contribution in [0.1, 0.15) is 42.5 Å². The highest BCUT2D eigenvalue weighted by atomic mass is 32.1. The summed E-state index contributed by atoms with van der Waals surface area (Å²) in [7, 11) is 0. The second-order valence-electron chi connectivity index (χ2n) is 5.15. The molecule has 0 fully saturated rings. The highest BCUT2D eigenvalue weighted by Crippen LogP contribution is 2.26. The molecular formula is C17H24N2S. The van der Waals surface area contributed by atoms with Crippen LogP contribution in [0.5, 0.6) is 0 Å². The Kier molecular flexibility index (Phi) is 5.74. The van der Waals surface area contributed by atoms with Gasteiger partial charge in [0, 0.05) is 17.8 Å². The van der Waals surface area contributed by atoms with Crippen molar-refractivity contribution in [3.8, 4) is 0 Å². The van der Waals surface area contributed by atoms with Gasteiger partial charge < -0.3 is 5.32 Å². The Hall–Kier alpha value is -1.19. The lowest BCUT2D eigenvalue weighted by molar-refractivity contribution is 0.425. The van der Waals surface area contributed by atoms with Gasteiger partial charge in [-0.2, -0.15) is 0 Å². The van der Waals surface area contributed by atoms with Gasteiger partial charge in [-0.3, -0.25) is 0 Å². The Morgan fingerprint density at radius 3 is 2.50 bits per heavy atom. The number of benzene rings is 1. The minimum absolute atomic E-state index is 0.453. The predicted molar refractivity (Wildman–Crippen MR) is 87.5 cm³/mol. The smallest absolute Gasteiger partial charge is 0.0897 e. The van der Waals surface area contributed by atoms with Gasteiger partial charge >= 0.3 is 0 Å². The molecule has 0 bridgehead atoms. The molecule has 0 radical (unpaired) electrons. The first kappa shape index (κ1) is 15.2. The average Bonchev–Trinajstić information content (AvgIpc) is 2.86. The molecule has 2 rings (SSSR count). The number of rotatable bonds is 7. The van der Waals surface area contributed by atoms with Crippen LogP contribution in [0.4, 0.5) is 0 Å². The maximum Gasteiger partial charge on any atom is 0.0897 e. The van der Waals surface area contributed by atoms with Crippen molar-refractivity contribution in [3.05, 3.63) is 52.0 Å². The number of nitrogens with one attached hydrogen (secondary N) is 1. The minimum atomic E-state index is 0.453. The SMILES string of the molecule is CCNC(Cc1csc(C)n1)C(CC)c1ccccc1. The van der Waals surface area contributed by atoms with Crippen LogP contribution < -0.4 is 5.32 Å². The van der Waals surface area contributed by atoms with Gasteiger partial charge in [0.25, 0.3) is 0 Å². The van der Waals surface area contributed by atoms with Gasteiger partial charge in [-0.1, -0.05) is 44.2 Å². The molecule has 0 aliphatic rings. The Morgan fingerprint density at radius 2 is 1.95 bits per heavy atom. The zero-order chi connectivity index (χ0) is 14.4. The van der Waals surface area contributed by atoms with Crippen molar-refractivity contribution in [2.24, 2.45) is 0 Å². The van der Waals surface area contributed by atoms with E-state index in [4.69, 9.17) is 0 Å². The Bertz CT molecular complexity index is 507. The van der Waals surface area contributed by atoms with E-state index in [0.717, 1.165) is 24.4 Å². The largest absolute Gasteiger partial charge is 0.313 e. The molecular weight excluding hydrogens is 264 g/mol. The molecule has 108 valence electrons. The molecule has 3 heteroatoms. The Balaban J connectivity index is 2.17. The molecule has 2 nitrogen and oxygen atoms in total. The van der Waals surface area contributed by atoms with Gasteiger partial charge in [0.15, 0.2) is 0 Å². The fourth-order valence-corrected chi connectivity index (χ4v) is 3.42. The van der Waals surface area contributed by atoms with Crippen molar-refractivity contribution in [2.45, 2.75) is 45.6 Å². The molecule has 1 aromatic heterocycles. The first-order chi connectivity index (χ1) is 9.74. The van der Waals surface area contributed by atoms with Gasteiger partial charge in [-0.25, -0.2) is 4.98 Å². The summed E-state index contributed by atoms with van der Waals surface area (Å²) in [5.41, 5.74) is 2.64. The van der Waals surface area contributed by atoms with Crippen LogP contribution in [0.15, 0.2) is 35.7 Å². The molecule has 2 aromatic rings. The molecule has 1 aromatic carbocycles. The van der Waals surface area contributed by atoms with E-state index in [9.17, 15) is 0 Å². The van der Waals surface area contributed by atoms with Gasteiger partial charge in [0.1, 0.15) is 0 Å². The molecule has 0 amide bonds. The maximum atomic E-state index is 4.62. The Morgan fingerprint density at radius 1 is 1.20 bits per heavy atom. The van der Waals surface area contributed by atoms with Crippen LogP contribution in [0.2, 0.25) is 0 Å². The van der Waals surface area contributed by atoms with Gasteiger partial charge in [0.2, 0.25) is 0 Å². The van der Waals surface area contributed by atoms with Crippen molar-refractivity contribution < 1.29 is 0 Å². The lowest BCUT2D eigenvalue weighted by Gasteiger charge is -2.27. The van der Waals surface area contributed by atoms with Crippen LogP contribution >= 0.6 is 11.3 Å². The van der Waals surface area contributed by atoms with Crippen molar-refractivity contribution in [2.75, 3.05) is 6.54 Å². The second-order valence-corrected chi connectivity index (χ2v) is 6.21. The fourth-order valence-electron chi connectivity index (χ4n) is 2.80. The van der Waals surface area contributed by atoms with E-state index in [-0.39, 0.29) is 0 Å². The number of likely N-dealkylation sites (N-methyl/N-ethyl adjacent to an activating group) is 1. The van der Waals surface area contributed by atoms with E-state index >= 15 is 0 Å². The average molecular weight is 288 g/mol. The maximum absolute atomic E-state index is 4.62. The monoisotopic (exact) mass is 288 g/mol. The van der Waals surface area contributed by atoms with Crippen molar-refractivity contribution >= 4 is 11.3 Å². The molecule has 1 N–H and O–H groups in total. The third-order valence-electron chi connectivity index (χ3n) is 3.72. The summed E-state index contributed by atoms with van der Waals surface area (Å²) in [6, 6.07) is 11.3. The number of aryl methyl sites for hydroxylation is 1. The zero-order valence-electron chi connectivity index (χ0n) is 12.6. The van der Waals surface area contributed by atoms with Crippen molar-refractivity contribution in [3.63, 3.8) is 0 Å². The molecule has 1 heterocycles. The molecule has 20 heavy (non-hydrogen) atoms. The Labute approximate surface area is 126 Å². The zero-order valence-corrected chi connectivity index (χ0v) is 13.4. The van der Waals surface area contributed by atoms with Gasteiger partial charge in [-0.05, 0) is 31.4 Å². The summed E-state index contributed by atoms with van der Waals surface area (Å²) in [5, 5.41) is 7.00. The molecule has 2 unspecified atom stereocenters. The highest BCUT2D eigenvalue weighted by molar-refractivity contribution is 7.09. The van der Waals surface area contributed by atoms with Crippen LogP contribution in [-0.4, -0.2) is 17.6 Å². The van der Waals surface area contributed by atoms with Gasteiger partial charge in [0.05, 0.1) is 10.7 Å². The summed E-state index contributed by atoms with van der Waals surface area (Å²) in [6.07, 6.45) is 2.15. The van der Waals surface area contributed by atoms with E-state index in [1.54, 1.807) is 11.3 Å². The van der Waals surface area contributed by atoms with Crippen LogP contribution in [0, 0.1) is 6.92 Å².